The lowest BCUT2D eigenvalue weighted by Gasteiger charge is -2.13. The minimum atomic E-state index is 0.280. The van der Waals surface area contributed by atoms with E-state index in [0.29, 0.717) is 87.7 Å². The molecule has 86 heavy (non-hydrogen) atoms. The number of aromatic nitrogens is 8. The zero-order chi connectivity index (χ0) is 59.8. The highest BCUT2D eigenvalue weighted by Crippen LogP contribution is 2.37. The van der Waals surface area contributed by atoms with Gasteiger partial charge in [-0.15, -0.1) is 0 Å². The molecule has 0 saturated carbocycles. The number of H-pyrrole nitrogens is 4. The van der Waals surface area contributed by atoms with Gasteiger partial charge in [-0.25, -0.2) is 19.9 Å². The van der Waals surface area contributed by atoms with E-state index in [1.54, 1.807) is 0 Å². The van der Waals surface area contributed by atoms with Crippen LogP contribution in [0.2, 0.25) is 0 Å². The zero-order valence-electron chi connectivity index (χ0n) is 51.0. The summed E-state index contributed by atoms with van der Waals surface area (Å²) in [5.41, 5.74) is 10.1. The minimum Gasteiger partial charge on any atom is -0.493 e. The summed E-state index contributed by atoms with van der Waals surface area (Å²) in [5.74, 6) is 7.20. The summed E-state index contributed by atoms with van der Waals surface area (Å²) in [6, 6.07) is 35.8. The molecule has 4 heterocycles. The number of fused-ring (bicyclic) bond motifs is 4. The van der Waals surface area contributed by atoms with Crippen LogP contribution in [-0.4, -0.2) is 208 Å². The molecule has 0 aliphatic heterocycles. The Labute approximate surface area is 503 Å². The molecule has 4 N–H and O–H groups in total. The van der Waals surface area contributed by atoms with Crippen molar-refractivity contribution in [2.75, 3.05) is 149 Å². The first-order valence-electron chi connectivity index (χ1n) is 29.7. The van der Waals surface area contributed by atoms with E-state index in [4.69, 9.17) is 57.8 Å². The van der Waals surface area contributed by atoms with Crippen molar-refractivity contribution in [1.29, 1.82) is 0 Å². The van der Waals surface area contributed by atoms with Crippen molar-refractivity contribution in [1.82, 2.24) is 59.5 Å². The van der Waals surface area contributed by atoms with Crippen LogP contribution in [0, 0.1) is 0 Å². The molecule has 454 valence electrons. The van der Waals surface area contributed by atoms with Gasteiger partial charge in [0.05, 0.1) is 108 Å². The van der Waals surface area contributed by atoms with Gasteiger partial charge in [-0.05, 0) is 155 Å². The van der Waals surface area contributed by atoms with Crippen molar-refractivity contribution >= 4 is 44.1 Å². The maximum absolute atomic E-state index is 6.54. The molecule has 0 unspecified atom stereocenters. The number of ether oxygens (including phenoxy) is 8. The maximum atomic E-state index is 6.54. The third-order valence-electron chi connectivity index (χ3n) is 14.2. The van der Waals surface area contributed by atoms with E-state index >= 15 is 0 Å². The van der Waals surface area contributed by atoms with Crippen molar-refractivity contribution < 1.29 is 37.9 Å². The Kier molecular flexibility index (Phi) is 21.0. The van der Waals surface area contributed by atoms with E-state index in [1.807, 2.05) is 109 Å². The summed E-state index contributed by atoms with van der Waals surface area (Å²) < 4.78 is 49.5. The Balaban J connectivity index is 0.778. The van der Waals surface area contributed by atoms with Gasteiger partial charge in [0.25, 0.3) is 0 Å². The van der Waals surface area contributed by atoms with E-state index in [0.717, 1.165) is 141 Å². The molecule has 0 atom stereocenters. The monoisotopic (exact) mass is 1170 g/mol. The minimum absolute atomic E-state index is 0.280. The van der Waals surface area contributed by atoms with Crippen LogP contribution in [0.5, 0.6) is 34.5 Å². The molecular formula is C66H82N12O8. The summed E-state index contributed by atoms with van der Waals surface area (Å²) in [6.07, 6.45) is 3.72. The molecule has 0 aliphatic carbocycles. The standard InChI is InChI=1S/C66H82N12O8/c1-75(2)25-9-29-81-47-15-21-53-57(41-47)71-63(67-53)45-13-19-51(65-69-55-23-17-49(43-59(55)73-65)83-31-11-27-77(5)6)61(39-45)85-37-35-79-33-34-80-36-38-86-62-40-46(64-68-54-22-16-48(42-58(54)72-64)82-30-10-26-76(3)4)14-20-52(62)66-70-56-24-18-50(44-60(56)74-66)84-32-12-28-78(7)8/h13-24,39-44H,9-12,25-38H2,1-8H3,(H,67,71)(H,68,72)(H,69,73)(H,70,74). The highest BCUT2D eigenvalue weighted by molar-refractivity contribution is 5.86. The molecule has 0 aliphatic rings. The largest absolute Gasteiger partial charge is 0.493 e. The van der Waals surface area contributed by atoms with Crippen molar-refractivity contribution in [3.63, 3.8) is 0 Å². The molecular weight excluding hydrogens is 1090 g/mol. The Bertz CT molecular complexity index is 3530. The summed E-state index contributed by atoms with van der Waals surface area (Å²) >= 11 is 0. The van der Waals surface area contributed by atoms with Gasteiger partial charge in [-0.2, -0.15) is 0 Å². The van der Waals surface area contributed by atoms with E-state index in [2.05, 4.69) is 95.9 Å². The van der Waals surface area contributed by atoms with Crippen LogP contribution in [0.25, 0.3) is 89.7 Å². The van der Waals surface area contributed by atoms with Crippen molar-refractivity contribution in [3.05, 3.63) is 109 Å². The van der Waals surface area contributed by atoms with Crippen molar-refractivity contribution in [2.45, 2.75) is 25.7 Å². The predicted molar refractivity (Wildman–Crippen MR) is 341 cm³/mol. The number of aromatic amines is 4. The van der Waals surface area contributed by atoms with Gasteiger partial charge in [-0.3, -0.25) is 0 Å². The normalized spacial score (nSPS) is 11.9. The van der Waals surface area contributed by atoms with Crippen LogP contribution in [-0.2, 0) is 9.47 Å². The molecule has 0 spiro atoms. The predicted octanol–water partition coefficient (Wildman–Crippen LogP) is 10.7. The quantitative estimate of drug-likeness (QED) is 0.0273. The zero-order valence-corrected chi connectivity index (χ0v) is 51.0. The molecule has 0 amide bonds. The first-order valence-corrected chi connectivity index (χ1v) is 29.7. The molecule has 0 bridgehead atoms. The second-order valence-corrected chi connectivity index (χ2v) is 22.4. The number of hydrogen-bond acceptors (Lipinski definition) is 16. The topological polar surface area (TPSA) is 202 Å². The average Bonchev–Trinajstić information content (AvgIpc) is 2.09. The fourth-order valence-corrected chi connectivity index (χ4v) is 9.84. The highest BCUT2D eigenvalue weighted by atomic mass is 16.6. The van der Waals surface area contributed by atoms with E-state index in [9.17, 15) is 0 Å². The number of imidazole rings is 4. The number of hydrogen-bond donors (Lipinski definition) is 4. The summed E-state index contributed by atoms with van der Waals surface area (Å²) in [7, 11) is 16.5. The Morgan fingerprint density at radius 3 is 0.907 bits per heavy atom. The van der Waals surface area contributed by atoms with Gasteiger partial charge in [0, 0.05) is 61.6 Å². The summed E-state index contributed by atoms with van der Waals surface area (Å²) in [4.78, 5) is 42.5. The second kappa shape index (κ2) is 29.7. The third kappa shape index (κ3) is 16.8. The Hall–Kier alpha value is -8.24. The fourth-order valence-electron chi connectivity index (χ4n) is 9.84. The van der Waals surface area contributed by atoms with Gasteiger partial charge in [-0.1, -0.05) is 12.1 Å². The lowest BCUT2D eigenvalue weighted by molar-refractivity contribution is 0.0274. The molecule has 0 fully saturated rings. The van der Waals surface area contributed by atoms with Crippen LogP contribution < -0.4 is 28.4 Å². The van der Waals surface area contributed by atoms with Crippen LogP contribution >= 0.6 is 0 Å². The van der Waals surface area contributed by atoms with Crippen LogP contribution in [0.15, 0.2) is 109 Å². The molecule has 6 aromatic carbocycles. The number of nitrogens with one attached hydrogen (secondary N) is 4. The van der Waals surface area contributed by atoms with E-state index in [1.165, 1.54) is 0 Å². The summed E-state index contributed by atoms with van der Waals surface area (Å²) in [6.45, 7) is 8.25. The average molecular weight is 1170 g/mol. The number of benzene rings is 6. The lowest BCUT2D eigenvalue weighted by atomic mass is 10.1. The third-order valence-corrected chi connectivity index (χ3v) is 14.2. The molecule has 20 heteroatoms. The van der Waals surface area contributed by atoms with Crippen LogP contribution in [0.1, 0.15) is 25.7 Å². The first kappa shape index (κ1) is 60.9. The van der Waals surface area contributed by atoms with Gasteiger partial charge >= 0.3 is 0 Å². The Morgan fingerprint density at radius 2 is 0.593 bits per heavy atom. The molecule has 20 nitrogen and oxygen atoms in total. The summed E-state index contributed by atoms with van der Waals surface area (Å²) in [5, 5.41) is 0. The lowest BCUT2D eigenvalue weighted by Crippen LogP contribution is -2.15. The van der Waals surface area contributed by atoms with Gasteiger partial charge < -0.3 is 77.4 Å². The van der Waals surface area contributed by atoms with E-state index < -0.39 is 0 Å². The fraction of sp³-hybridized carbons (Fsp3) is 0.394. The van der Waals surface area contributed by atoms with Crippen molar-refractivity contribution in [3.8, 4) is 80.0 Å². The highest BCUT2D eigenvalue weighted by Gasteiger charge is 2.19. The molecule has 4 aromatic heterocycles. The van der Waals surface area contributed by atoms with Gasteiger partial charge in [0.1, 0.15) is 71.0 Å². The number of nitrogens with zero attached hydrogens (tertiary/aromatic N) is 8. The number of rotatable bonds is 35. The molecule has 10 rings (SSSR count). The van der Waals surface area contributed by atoms with Gasteiger partial charge in [0.2, 0.25) is 0 Å². The molecule has 0 saturated heterocycles. The van der Waals surface area contributed by atoms with E-state index in [-0.39, 0.29) is 13.2 Å². The first-order chi connectivity index (χ1) is 41.9. The van der Waals surface area contributed by atoms with Gasteiger partial charge in [0.15, 0.2) is 0 Å². The van der Waals surface area contributed by atoms with Crippen molar-refractivity contribution in [2.24, 2.45) is 0 Å². The SMILES string of the molecule is CN(C)CCCOc1ccc2nc(-c3ccc(-c4nc5ccc(OCCCN(C)C)cc5[nH]4)c(OCCOCCOCCOc4cc(-c5nc6ccc(OCCCN(C)C)cc6[nH]5)ccc4-c4nc5ccc(OCCCN(C)C)cc5[nH]4)c3)[nH]c2c1. The smallest absolute Gasteiger partial charge is 0.142 e. The Morgan fingerprint density at radius 1 is 0.302 bits per heavy atom. The maximum Gasteiger partial charge on any atom is 0.142 e. The molecule has 10 aromatic rings. The van der Waals surface area contributed by atoms with Crippen LogP contribution in [0.4, 0.5) is 0 Å². The second-order valence-electron chi connectivity index (χ2n) is 22.4. The van der Waals surface area contributed by atoms with Crippen LogP contribution in [0.3, 0.4) is 0 Å². The molecule has 0 radical (unpaired) electrons.